The zero-order valence-corrected chi connectivity index (χ0v) is 13.0. The molecule has 0 atom stereocenters. The highest BCUT2D eigenvalue weighted by molar-refractivity contribution is 5.82. The fourth-order valence-corrected chi connectivity index (χ4v) is 3.12. The first-order valence-electron chi connectivity index (χ1n) is 7.82. The molecule has 3 nitrogen and oxygen atoms in total. The predicted molar refractivity (Wildman–Crippen MR) is 90.0 cm³/mol. The van der Waals surface area contributed by atoms with Gasteiger partial charge >= 0.3 is 5.69 Å². The second-order valence-corrected chi connectivity index (χ2v) is 6.81. The zero-order valence-electron chi connectivity index (χ0n) is 13.0. The third-order valence-corrected chi connectivity index (χ3v) is 4.90. The Hall–Kier alpha value is -2.29. The van der Waals surface area contributed by atoms with E-state index in [2.05, 4.69) is 37.3 Å². The van der Waals surface area contributed by atoms with Gasteiger partial charge in [0.15, 0.2) is 0 Å². The normalized spacial score (nSPS) is 16.1. The molecular weight excluding hydrogens is 272 g/mol. The van der Waals surface area contributed by atoms with Crippen LogP contribution in [-0.4, -0.2) is 9.13 Å². The molecule has 2 aromatic carbocycles. The van der Waals surface area contributed by atoms with Crippen LogP contribution in [0.4, 0.5) is 0 Å². The SMILES string of the molecule is Cn1c(=O)n(CC2(C)CC2)c2ccc(-c3ccccc3)cc21. The molecule has 0 bridgehead atoms. The molecule has 1 saturated carbocycles. The fraction of sp³-hybridized carbons (Fsp3) is 0.316. The second kappa shape index (κ2) is 4.60. The highest BCUT2D eigenvalue weighted by Gasteiger charge is 2.38. The third kappa shape index (κ3) is 2.08. The fourth-order valence-electron chi connectivity index (χ4n) is 3.12. The zero-order chi connectivity index (χ0) is 15.3. The van der Waals surface area contributed by atoms with Gasteiger partial charge in [-0.2, -0.15) is 0 Å². The van der Waals surface area contributed by atoms with E-state index in [1.54, 1.807) is 4.57 Å². The summed E-state index contributed by atoms with van der Waals surface area (Å²) in [5.41, 5.74) is 4.79. The Morgan fingerprint density at radius 2 is 1.73 bits per heavy atom. The quantitative estimate of drug-likeness (QED) is 0.721. The summed E-state index contributed by atoms with van der Waals surface area (Å²) in [6, 6.07) is 16.6. The minimum atomic E-state index is 0.0911. The van der Waals surface area contributed by atoms with Crippen molar-refractivity contribution in [1.82, 2.24) is 9.13 Å². The summed E-state index contributed by atoms with van der Waals surface area (Å²) in [7, 11) is 1.87. The van der Waals surface area contributed by atoms with Crippen molar-refractivity contribution in [2.75, 3.05) is 0 Å². The first-order valence-corrected chi connectivity index (χ1v) is 7.82. The van der Waals surface area contributed by atoms with Crippen LogP contribution in [0.5, 0.6) is 0 Å². The van der Waals surface area contributed by atoms with Crippen LogP contribution < -0.4 is 5.69 Å². The monoisotopic (exact) mass is 292 g/mol. The van der Waals surface area contributed by atoms with Gasteiger partial charge in [-0.3, -0.25) is 9.13 Å². The maximum Gasteiger partial charge on any atom is 0.328 e. The molecule has 1 aliphatic rings. The Balaban J connectivity index is 1.87. The smallest absolute Gasteiger partial charge is 0.295 e. The van der Waals surface area contributed by atoms with Crippen LogP contribution in [0.1, 0.15) is 19.8 Å². The maximum atomic E-state index is 12.6. The minimum absolute atomic E-state index is 0.0911. The molecule has 0 radical (unpaired) electrons. The van der Waals surface area contributed by atoms with Crippen LogP contribution in [0, 0.1) is 5.41 Å². The van der Waals surface area contributed by atoms with Crippen LogP contribution in [-0.2, 0) is 13.6 Å². The van der Waals surface area contributed by atoms with Gasteiger partial charge < -0.3 is 0 Å². The van der Waals surface area contributed by atoms with Crippen molar-refractivity contribution in [2.24, 2.45) is 12.5 Å². The number of hydrogen-bond donors (Lipinski definition) is 0. The number of benzene rings is 2. The van der Waals surface area contributed by atoms with Crippen molar-refractivity contribution in [2.45, 2.75) is 26.3 Å². The van der Waals surface area contributed by atoms with Gasteiger partial charge in [-0.05, 0) is 41.5 Å². The second-order valence-electron chi connectivity index (χ2n) is 6.81. The summed E-state index contributed by atoms with van der Waals surface area (Å²) in [4.78, 5) is 12.6. The van der Waals surface area contributed by atoms with E-state index in [1.807, 2.05) is 29.8 Å². The van der Waals surface area contributed by atoms with Gasteiger partial charge in [0.1, 0.15) is 0 Å². The van der Waals surface area contributed by atoms with E-state index in [0.717, 1.165) is 23.1 Å². The average Bonchev–Trinajstić information content (AvgIpc) is 3.24. The van der Waals surface area contributed by atoms with Gasteiger partial charge in [-0.25, -0.2) is 4.79 Å². The number of fused-ring (bicyclic) bond motifs is 1. The summed E-state index contributed by atoms with van der Waals surface area (Å²) in [6.45, 7) is 3.09. The molecule has 0 aliphatic heterocycles. The number of aryl methyl sites for hydroxylation is 1. The van der Waals surface area contributed by atoms with E-state index >= 15 is 0 Å². The van der Waals surface area contributed by atoms with E-state index in [1.165, 1.54) is 18.4 Å². The summed E-state index contributed by atoms with van der Waals surface area (Å²) in [5, 5.41) is 0. The third-order valence-electron chi connectivity index (χ3n) is 4.90. The van der Waals surface area contributed by atoms with Gasteiger partial charge in [0.2, 0.25) is 0 Å². The molecule has 4 rings (SSSR count). The Morgan fingerprint density at radius 3 is 2.41 bits per heavy atom. The number of nitrogens with zero attached hydrogens (tertiary/aromatic N) is 2. The molecule has 0 unspecified atom stereocenters. The molecule has 1 heterocycles. The highest BCUT2D eigenvalue weighted by atomic mass is 16.1. The summed E-state index contributed by atoms with van der Waals surface area (Å²) >= 11 is 0. The summed E-state index contributed by atoms with van der Waals surface area (Å²) in [6.07, 6.45) is 2.44. The van der Waals surface area contributed by atoms with E-state index in [9.17, 15) is 4.79 Å². The molecule has 0 amide bonds. The van der Waals surface area contributed by atoms with E-state index in [0.29, 0.717) is 5.41 Å². The van der Waals surface area contributed by atoms with Crippen molar-refractivity contribution in [3.8, 4) is 11.1 Å². The van der Waals surface area contributed by atoms with Gasteiger partial charge in [-0.1, -0.05) is 43.3 Å². The summed E-state index contributed by atoms with van der Waals surface area (Å²) in [5.74, 6) is 0. The maximum absolute atomic E-state index is 12.6. The van der Waals surface area contributed by atoms with E-state index in [4.69, 9.17) is 0 Å². The number of imidazole rings is 1. The van der Waals surface area contributed by atoms with Crippen molar-refractivity contribution in [3.05, 3.63) is 59.0 Å². The first kappa shape index (κ1) is 13.4. The van der Waals surface area contributed by atoms with Crippen molar-refractivity contribution >= 4 is 11.0 Å². The molecular formula is C19H20N2O. The Labute approximate surface area is 129 Å². The standard InChI is InChI=1S/C19H20N2O/c1-19(10-11-19)13-21-16-9-8-15(14-6-4-3-5-7-14)12-17(16)20(2)18(21)22/h3-9,12H,10-11,13H2,1-2H3. The lowest BCUT2D eigenvalue weighted by atomic mass is 10.1. The van der Waals surface area contributed by atoms with E-state index in [-0.39, 0.29) is 5.69 Å². The van der Waals surface area contributed by atoms with Crippen molar-refractivity contribution < 1.29 is 0 Å². The van der Waals surface area contributed by atoms with Gasteiger partial charge in [0, 0.05) is 13.6 Å². The van der Waals surface area contributed by atoms with Crippen molar-refractivity contribution in [1.29, 1.82) is 0 Å². The molecule has 1 aromatic heterocycles. The van der Waals surface area contributed by atoms with Gasteiger partial charge in [0.05, 0.1) is 11.0 Å². The Morgan fingerprint density at radius 1 is 1.00 bits per heavy atom. The van der Waals surface area contributed by atoms with Gasteiger partial charge in [0.25, 0.3) is 0 Å². The highest BCUT2D eigenvalue weighted by Crippen LogP contribution is 2.46. The first-order chi connectivity index (χ1) is 10.6. The van der Waals surface area contributed by atoms with Crippen molar-refractivity contribution in [3.63, 3.8) is 0 Å². The molecule has 3 heteroatoms. The number of rotatable bonds is 3. The molecule has 0 saturated heterocycles. The summed E-state index contributed by atoms with van der Waals surface area (Å²) < 4.78 is 3.71. The lowest BCUT2D eigenvalue weighted by Gasteiger charge is -2.09. The molecule has 3 aromatic rings. The topological polar surface area (TPSA) is 26.9 Å². The molecule has 0 spiro atoms. The molecule has 22 heavy (non-hydrogen) atoms. The van der Waals surface area contributed by atoms with Crippen LogP contribution in [0.25, 0.3) is 22.2 Å². The van der Waals surface area contributed by atoms with Crippen LogP contribution in [0.2, 0.25) is 0 Å². The Kier molecular flexibility index (Phi) is 2.80. The molecule has 0 N–H and O–H groups in total. The average molecular weight is 292 g/mol. The number of aromatic nitrogens is 2. The lowest BCUT2D eigenvalue weighted by molar-refractivity contribution is 0.460. The largest absolute Gasteiger partial charge is 0.328 e. The number of hydrogen-bond acceptors (Lipinski definition) is 1. The molecule has 1 fully saturated rings. The predicted octanol–water partition coefficient (Wildman–Crippen LogP) is 3.81. The lowest BCUT2D eigenvalue weighted by Crippen LogP contribution is -2.25. The molecule has 112 valence electrons. The molecule has 1 aliphatic carbocycles. The van der Waals surface area contributed by atoms with Crippen LogP contribution in [0.3, 0.4) is 0 Å². The minimum Gasteiger partial charge on any atom is -0.295 e. The van der Waals surface area contributed by atoms with Crippen LogP contribution in [0.15, 0.2) is 53.3 Å². The van der Waals surface area contributed by atoms with Gasteiger partial charge in [-0.15, -0.1) is 0 Å². The van der Waals surface area contributed by atoms with Crippen LogP contribution >= 0.6 is 0 Å². The Bertz CT molecular complexity index is 898. The van der Waals surface area contributed by atoms with E-state index < -0.39 is 0 Å².